The summed E-state index contributed by atoms with van der Waals surface area (Å²) in [7, 11) is 0. The summed E-state index contributed by atoms with van der Waals surface area (Å²) in [5.41, 5.74) is 3.06. The maximum absolute atomic E-state index is 4.49. The van der Waals surface area contributed by atoms with E-state index in [0.29, 0.717) is 12.0 Å². The van der Waals surface area contributed by atoms with Crippen LogP contribution in [0.25, 0.3) is 0 Å². The van der Waals surface area contributed by atoms with Crippen molar-refractivity contribution < 1.29 is 0 Å². The predicted molar refractivity (Wildman–Crippen MR) is 103 cm³/mol. The summed E-state index contributed by atoms with van der Waals surface area (Å²) in [4.78, 5) is 4.49. The second kappa shape index (κ2) is 7.28. The average molecular weight is 341 g/mol. The normalized spacial score (nSPS) is 18.8. The third kappa shape index (κ3) is 4.69. The number of aromatic nitrogens is 3. The number of benzene rings is 1. The standard InChI is InChI=1S/C21H32N4/c1-15(12-17-6-8-18(9-7-17)21(3,4)5)13-22-19-10-11-20-23-16(2)24-25(20)14-19/h6-9,15,19,22H,10-14H2,1-5H3/t15-,19+/m0/s1. The molecule has 0 radical (unpaired) electrons. The van der Waals surface area contributed by atoms with Crippen molar-refractivity contribution >= 4 is 0 Å². The van der Waals surface area contributed by atoms with Gasteiger partial charge in [0.05, 0.1) is 6.54 Å². The summed E-state index contributed by atoms with van der Waals surface area (Å²) in [5, 5.41) is 8.23. The molecule has 0 fully saturated rings. The Morgan fingerprint density at radius 2 is 1.96 bits per heavy atom. The lowest BCUT2D eigenvalue weighted by atomic mass is 9.86. The first-order chi connectivity index (χ1) is 11.8. The quantitative estimate of drug-likeness (QED) is 0.903. The third-order valence-corrected chi connectivity index (χ3v) is 5.12. The molecule has 2 aromatic rings. The minimum atomic E-state index is 0.227. The zero-order chi connectivity index (χ0) is 18.0. The largest absolute Gasteiger partial charge is 0.312 e. The van der Waals surface area contributed by atoms with Gasteiger partial charge in [0.2, 0.25) is 0 Å². The van der Waals surface area contributed by atoms with Gasteiger partial charge < -0.3 is 5.32 Å². The van der Waals surface area contributed by atoms with Crippen molar-refractivity contribution in [3.63, 3.8) is 0 Å². The minimum Gasteiger partial charge on any atom is -0.312 e. The number of hydrogen-bond acceptors (Lipinski definition) is 3. The maximum atomic E-state index is 4.49. The maximum Gasteiger partial charge on any atom is 0.147 e. The SMILES string of the molecule is Cc1nc2n(n1)C[C@H](NC[C@@H](C)Cc1ccc(C(C)(C)C)cc1)CC2. The van der Waals surface area contributed by atoms with Crippen LogP contribution < -0.4 is 5.32 Å². The highest BCUT2D eigenvalue weighted by atomic mass is 15.4. The van der Waals surface area contributed by atoms with Crippen molar-refractivity contribution in [1.82, 2.24) is 20.1 Å². The van der Waals surface area contributed by atoms with Gasteiger partial charge >= 0.3 is 0 Å². The lowest BCUT2D eigenvalue weighted by Gasteiger charge is -2.25. The molecule has 0 bridgehead atoms. The molecule has 0 amide bonds. The van der Waals surface area contributed by atoms with Crippen molar-refractivity contribution in [1.29, 1.82) is 0 Å². The Hall–Kier alpha value is -1.68. The molecule has 4 nitrogen and oxygen atoms in total. The number of rotatable bonds is 5. The van der Waals surface area contributed by atoms with Gasteiger partial charge in [-0.25, -0.2) is 9.67 Å². The summed E-state index contributed by atoms with van der Waals surface area (Å²) >= 11 is 0. The zero-order valence-electron chi connectivity index (χ0n) is 16.3. The van der Waals surface area contributed by atoms with Gasteiger partial charge in [0.1, 0.15) is 11.6 Å². The molecule has 1 aromatic carbocycles. The first kappa shape index (κ1) is 18.1. The van der Waals surface area contributed by atoms with E-state index in [1.165, 1.54) is 11.1 Å². The van der Waals surface area contributed by atoms with Crippen LogP contribution in [0.4, 0.5) is 0 Å². The van der Waals surface area contributed by atoms with E-state index in [0.717, 1.165) is 44.0 Å². The van der Waals surface area contributed by atoms with E-state index in [2.05, 4.69) is 72.0 Å². The zero-order valence-corrected chi connectivity index (χ0v) is 16.3. The number of hydrogen-bond donors (Lipinski definition) is 1. The van der Waals surface area contributed by atoms with E-state index in [1.54, 1.807) is 0 Å². The Kier molecular flexibility index (Phi) is 5.28. The lowest BCUT2D eigenvalue weighted by molar-refractivity contribution is 0.340. The molecule has 0 aliphatic carbocycles. The highest BCUT2D eigenvalue weighted by molar-refractivity contribution is 5.27. The van der Waals surface area contributed by atoms with Crippen molar-refractivity contribution in [2.24, 2.45) is 5.92 Å². The van der Waals surface area contributed by atoms with Crippen LogP contribution in [0.2, 0.25) is 0 Å². The molecule has 3 rings (SSSR count). The van der Waals surface area contributed by atoms with Crippen LogP contribution in [0.5, 0.6) is 0 Å². The molecule has 1 aliphatic heterocycles. The van der Waals surface area contributed by atoms with Gasteiger partial charge in [-0.3, -0.25) is 0 Å². The molecule has 2 atom stereocenters. The second-order valence-electron chi connectivity index (χ2n) is 8.66. The van der Waals surface area contributed by atoms with Crippen LogP contribution in [0.15, 0.2) is 24.3 Å². The molecular weight excluding hydrogens is 308 g/mol. The van der Waals surface area contributed by atoms with Crippen LogP contribution >= 0.6 is 0 Å². The smallest absolute Gasteiger partial charge is 0.147 e. The third-order valence-electron chi connectivity index (χ3n) is 5.12. The molecule has 25 heavy (non-hydrogen) atoms. The first-order valence-electron chi connectivity index (χ1n) is 9.54. The second-order valence-corrected chi connectivity index (χ2v) is 8.66. The topological polar surface area (TPSA) is 42.7 Å². The van der Waals surface area contributed by atoms with Crippen molar-refractivity contribution in [3.05, 3.63) is 47.0 Å². The van der Waals surface area contributed by atoms with E-state index in [1.807, 2.05) is 6.92 Å². The molecule has 0 saturated heterocycles. The molecular formula is C21H32N4. The molecule has 4 heteroatoms. The average Bonchev–Trinajstić information content (AvgIpc) is 2.92. The van der Waals surface area contributed by atoms with E-state index in [-0.39, 0.29) is 5.41 Å². The number of fused-ring (bicyclic) bond motifs is 1. The van der Waals surface area contributed by atoms with Gasteiger partial charge in [-0.05, 0) is 48.8 Å². The lowest BCUT2D eigenvalue weighted by Crippen LogP contribution is -2.40. The van der Waals surface area contributed by atoms with Gasteiger partial charge in [-0.15, -0.1) is 0 Å². The summed E-state index contributed by atoms with van der Waals surface area (Å²) in [6, 6.07) is 9.67. The summed E-state index contributed by atoms with van der Waals surface area (Å²) in [6.07, 6.45) is 3.31. The van der Waals surface area contributed by atoms with Crippen molar-refractivity contribution in [3.8, 4) is 0 Å². The molecule has 2 heterocycles. The predicted octanol–water partition coefficient (Wildman–Crippen LogP) is 3.67. The fourth-order valence-electron chi connectivity index (χ4n) is 3.58. The Bertz CT molecular complexity index is 694. The molecule has 0 unspecified atom stereocenters. The van der Waals surface area contributed by atoms with Crippen LogP contribution in [-0.2, 0) is 24.8 Å². The van der Waals surface area contributed by atoms with Crippen LogP contribution in [0.3, 0.4) is 0 Å². The monoisotopic (exact) mass is 340 g/mol. The fraction of sp³-hybridized carbons (Fsp3) is 0.619. The van der Waals surface area contributed by atoms with Crippen LogP contribution in [-0.4, -0.2) is 27.4 Å². The van der Waals surface area contributed by atoms with Crippen molar-refractivity contribution in [2.75, 3.05) is 6.54 Å². The number of aryl methyl sites for hydroxylation is 2. The van der Waals surface area contributed by atoms with Gasteiger partial charge in [0.25, 0.3) is 0 Å². The van der Waals surface area contributed by atoms with Crippen molar-refractivity contribution in [2.45, 2.75) is 71.9 Å². The highest BCUT2D eigenvalue weighted by Gasteiger charge is 2.21. The van der Waals surface area contributed by atoms with Gasteiger partial charge in [-0.2, -0.15) is 5.10 Å². The van der Waals surface area contributed by atoms with Gasteiger partial charge in [-0.1, -0.05) is 52.0 Å². The minimum absolute atomic E-state index is 0.227. The number of nitrogens with zero attached hydrogens (tertiary/aromatic N) is 3. The van der Waals surface area contributed by atoms with Gasteiger partial charge in [0.15, 0.2) is 0 Å². The van der Waals surface area contributed by atoms with E-state index in [4.69, 9.17) is 0 Å². The summed E-state index contributed by atoms with van der Waals surface area (Å²) in [5.74, 6) is 2.66. The van der Waals surface area contributed by atoms with Crippen LogP contribution in [0.1, 0.15) is 56.9 Å². The Morgan fingerprint density at radius 1 is 1.24 bits per heavy atom. The summed E-state index contributed by atoms with van der Waals surface area (Å²) < 4.78 is 2.08. The Labute approximate surface area is 152 Å². The summed E-state index contributed by atoms with van der Waals surface area (Å²) in [6.45, 7) is 13.1. The molecule has 136 valence electrons. The number of nitrogens with one attached hydrogen (secondary N) is 1. The molecule has 1 N–H and O–H groups in total. The fourth-order valence-corrected chi connectivity index (χ4v) is 3.58. The molecule has 0 saturated carbocycles. The molecule has 1 aromatic heterocycles. The van der Waals surface area contributed by atoms with E-state index < -0.39 is 0 Å². The Balaban J connectivity index is 1.48. The highest BCUT2D eigenvalue weighted by Crippen LogP contribution is 2.23. The van der Waals surface area contributed by atoms with Gasteiger partial charge in [0, 0.05) is 12.5 Å². The van der Waals surface area contributed by atoms with E-state index >= 15 is 0 Å². The molecule has 0 spiro atoms. The van der Waals surface area contributed by atoms with Crippen LogP contribution in [0, 0.1) is 12.8 Å². The molecule has 1 aliphatic rings. The first-order valence-corrected chi connectivity index (χ1v) is 9.54. The Morgan fingerprint density at radius 3 is 2.64 bits per heavy atom. The van der Waals surface area contributed by atoms with E-state index in [9.17, 15) is 0 Å².